The Morgan fingerprint density at radius 1 is 1.13 bits per heavy atom. The molecule has 5 aromatic rings. The SMILES string of the molecule is CN1C[C@@H]2CCN(c3c(-c4cnc5c(c4)c(=O)c(C(=O)O)cn5C)cnc4[nH]c5c(N(C)S(=O)(=O)O)cc(F)c(F)c5c34)[C@@H]2C1. The average molecular weight is 640 g/mol. The number of likely N-dealkylation sites (tertiary alicyclic amines) is 1. The molecule has 7 rings (SSSR count). The molecule has 0 unspecified atom stereocenters. The van der Waals surface area contributed by atoms with Gasteiger partial charge >= 0.3 is 16.3 Å². The number of H-pyrrole nitrogens is 1. The standard InChI is InChI=1S/C29H27F2N7O6S/c1-35-10-13-4-5-38(20(13)12-35)25-16(14-6-15-26(39)17(29(40)41)11-36(2)28(15)33-8-14)9-32-27-22(25)21-23(31)18(30)7-19(24(21)34-27)37(3)45(42,43)44/h6-9,11,13,20H,4-5,10,12H2,1-3H3,(H,32,34)(H,40,41)(H,42,43,44)/t13-,20+/m0/s1. The van der Waals surface area contributed by atoms with E-state index in [-0.39, 0.29) is 44.7 Å². The number of aromatic amines is 1. The Bertz CT molecular complexity index is 2270. The van der Waals surface area contributed by atoms with Crippen LogP contribution in [0.2, 0.25) is 0 Å². The summed E-state index contributed by atoms with van der Waals surface area (Å²) in [6.45, 7) is 2.11. The van der Waals surface area contributed by atoms with Crippen LogP contribution in [0.5, 0.6) is 0 Å². The molecule has 45 heavy (non-hydrogen) atoms. The van der Waals surface area contributed by atoms with Crippen LogP contribution < -0.4 is 14.6 Å². The fourth-order valence-electron chi connectivity index (χ4n) is 6.92. The van der Waals surface area contributed by atoms with Crippen LogP contribution in [0.3, 0.4) is 0 Å². The number of rotatable bonds is 5. The number of carbonyl (C=O) groups is 1. The molecule has 0 amide bonds. The maximum Gasteiger partial charge on any atom is 0.359 e. The molecule has 16 heteroatoms. The molecule has 13 nitrogen and oxygen atoms in total. The van der Waals surface area contributed by atoms with Crippen LogP contribution in [0.1, 0.15) is 16.8 Å². The summed E-state index contributed by atoms with van der Waals surface area (Å²) in [5, 5.41) is 9.59. The topological polar surface area (TPSA) is 165 Å². The van der Waals surface area contributed by atoms with Crippen molar-refractivity contribution in [3.63, 3.8) is 0 Å². The van der Waals surface area contributed by atoms with Crippen LogP contribution >= 0.6 is 0 Å². The lowest BCUT2D eigenvalue weighted by atomic mass is 9.99. The Hall–Kier alpha value is -4.67. The summed E-state index contributed by atoms with van der Waals surface area (Å²) in [6, 6.07) is 2.20. The molecule has 2 fully saturated rings. The van der Waals surface area contributed by atoms with Crippen LogP contribution in [-0.2, 0) is 17.4 Å². The zero-order valence-electron chi connectivity index (χ0n) is 24.2. The summed E-state index contributed by atoms with van der Waals surface area (Å²) in [6.07, 6.45) is 5.04. The smallest absolute Gasteiger partial charge is 0.359 e. The molecule has 0 saturated carbocycles. The number of carboxylic acids is 1. The van der Waals surface area contributed by atoms with E-state index in [9.17, 15) is 27.7 Å². The summed E-state index contributed by atoms with van der Waals surface area (Å²) in [4.78, 5) is 41.2. The minimum atomic E-state index is -4.84. The molecular formula is C29H27F2N7O6S. The van der Waals surface area contributed by atoms with E-state index in [0.29, 0.717) is 46.2 Å². The van der Waals surface area contributed by atoms with Gasteiger partial charge in [-0.15, -0.1) is 0 Å². The van der Waals surface area contributed by atoms with Crippen molar-refractivity contribution in [1.29, 1.82) is 0 Å². The largest absolute Gasteiger partial charge is 0.477 e. The molecular weight excluding hydrogens is 612 g/mol. The first-order valence-corrected chi connectivity index (χ1v) is 15.4. The van der Waals surface area contributed by atoms with Crippen LogP contribution in [0, 0.1) is 17.6 Å². The second kappa shape index (κ2) is 9.92. The fraction of sp³-hybridized carbons (Fsp3) is 0.310. The van der Waals surface area contributed by atoms with Gasteiger partial charge in [0.25, 0.3) is 0 Å². The number of benzene rings is 1. The number of hydrogen-bond acceptors (Lipinski definition) is 8. The molecule has 2 aliphatic rings. The summed E-state index contributed by atoms with van der Waals surface area (Å²) in [7, 11) is -0.253. The predicted octanol–water partition coefficient (Wildman–Crippen LogP) is 2.99. The van der Waals surface area contributed by atoms with Gasteiger partial charge in [0.05, 0.1) is 33.1 Å². The first kappa shape index (κ1) is 29.1. The number of anilines is 2. The lowest BCUT2D eigenvalue weighted by Gasteiger charge is -2.29. The molecule has 2 saturated heterocycles. The third-order valence-electron chi connectivity index (χ3n) is 9.00. The summed E-state index contributed by atoms with van der Waals surface area (Å²) >= 11 is 0. The maximum atomic E-state index is 15.9. The number of aromatic nitrogens is 4. The first-order chi connectivity index (χ1) is 21.3. The van der Waals surface area contributed by atoms with Crippen molar-refractivity contribution < 1.29 is 31.7 Å². The molecule has 0 spiro atoms. The highest BCUT2D eigenvalue weighted by Crippen LogP contribution is 2.47. The Kier molecular flexibility index (Phi) is 6.41. The maximum absolute atomic E-state index is 15.9. The number of likely N-dealkylation sites (N-methyl/N-ethyl adjacent to an activating group) is 1. The molecule has 0 bridgehead atoms. The van der Waals surface area contributed by atoms with Crippen molar-refractivity contribution in [3.8, 4) is 11.1 Å². The number of fused-ring (bicyclic) bond motifs is 5. The molecule has 1 aromatic carbocycles. The zero-order valence-corrected chi connectivity index (χ0v) is 25.1. The quantitative estimate of drug-likeness (QED) is 0.244. The van der Waals surface area contributed by atoms with Crippen molar-refractivity contribution in [2.24, 2.45) is 13.0 Å². The van der Waals surface area contributed by atoms with E-state index in [2.05, 4.69) is 24.8 Å². The van der Waals surface area contributed by atoms with Gasteiger partial charge in [0.15, 0.2) is 11.6 Å². The highest BCUT2D eigenvalue weighted by atomic mass is 32.2. The third kappa shape index (κ3) is 4.34. The van der Waals surface area contributed by atoms with E-state index in [1.165, 1.54) is 29.2 Å². The van der Waals surface area contributed by atoms with Crippen molar-refractivity contribution in [2.75, 3.05) is 42.9 Å². The Labute approximate surface area is 254 Å². The fourth-order valence-corrected chi connectivity index (χ4v) is 7.31. The van der Waals surface area contributed by atoms with Crippen molar-refractivity contribution in [1.82, 2.24) is 24.4 Å². The lowest BCUT2D eigenvalue weighted by Crippen LogP contribution is -2.35. The molecule has 2 atom stereocenters. The van der Waals surface area contributed by atoms with Crippen molar-refractivity contribution in [3.05, 3.63) is 58.1 Å². The summed E-state index contributed by atoms with van der Waals surface area (Å²) in [5.41, 5.74) is 0.126. The first-order valence-electron chi connectivity index (χ1n) is 14.0. The highest BCUT2D eigenvalue weighted by molar-refractivity contribution is 7.87. The van der Waals surface area contributed by atoms with Gasteiger partial charge in [0.2, 0.25) is 5.43 Å². The molecule has 2 aliphatic heterocycles. The molecule has 3 N–H and O–H groups in total. The van der Waals surface area contributed by atoms with Crippen LogP contribution in [0.4, 0.5) is 20.2 Å². The average Bonchev–Trinajstić information content (AvgIpc) is 3.67. The van der Waals surface area contributed by atoms with E-state index < -0.39 is 38.9 Å². The number of aryl methyl sites for hydroxylation is 1. The van der Waals surface area contributed by atoms with Gasteiger partial charge in [-0.2, -0.15) is 8.42 Å². The highest BCUT2D eigenvalue weighted by Gasteiger charge is 2.42. The van der Waals surface area contributed by atoms with Crippen LogP contribution in [-0.4, -0.2) is 88.2 Å². The van der Waals surface area contributed by atoms with Gasteiger partial charge in [0, 0.05) is 75.6 Å². The minimum absolute atomic E-state index is 0.000724. The van der Waals surface area contributed by atoms with Crippen molar-refractivity contribution in [2.45, 2.75) is 12.5 Å². The van der Waals surface area contributed by atoms with Gasteiger partial charge in [-0.05, 0) is 25.5 Å². The zero-order chi connectivity index (χ0) is 32.1. The lowest BCUT2D eigenvalue weighted by molar-refractivity contribution is 0.0695. The van der Waals surface area contributed by atoms with E-state index in [0.717, 1.165) is 20.0 Å². The minimum Gasteiger partial charge on any atom is -0.477 e. The van der Waals surface area contributed by atoms with Gasteiger partial charge in [-0.3, -0.25) is 9.35 Å². The molecule has 6 heterocycles. The molecule has 234 valence electrons. The van der Waals surface area contributed by atoms with Crippen molar-refractivity contribution >= 4 is 60.6 Å². The van der Waals surface area contributed by atoms with Gasteiger partial charge in [-0.1, -0.05) is 0 Å². The van der Waals surface area contributed by atoms with E-state index >= 15 is 8.78 Å². The van der Waals surface area contributed by atoms with E-state index in [1.54, 1.807) is 7.05 Å². The van der Waals surface area contributed by atoms with Crippen LogP contribution in [0.15, 0.2) is 35.5 Å². The van der Waals surface area contributed by atoms with E-state index in [4.69, 9.17) is 0 Å². The van der Waals surface area contributed by atoms with Gasteiger partial charge in [-0.25, -0.2) is 27.8 Å². The van der Waals surface area contributed by atoms with Crippen LogP contribution in [0.25, 0.3) is 44.1 Å². The molecule has 0 aliphatic carbocycles. The summed E-state index contributed by atoms with van der Waals surface area (Å²) in [5.74, 6) is -3.66. The second-order valence-corrected chi connectivity index (χ2v) is 13.1. The second-order valence-electron chi connectivity index (χ2n) is 11.7. The van der Waals surface area contributed by atoms with Gasteiger partial charge < -0.3 is 24.5 Å². The number of pyridine rings is 3. The van der Waals surface area contributed by atoms with Gasteiger partial charge in [0.1, 0.15) is 16.9 Å². The summed E-state index contributed by atoms with van der Waals surface area (Å²) < 4.78 is 66.7. The Morgan fingerprint density at radius 3 is 2.60 bits per heavy atom. The number of halogens is 2. The van der Waals surface area contributed by atoms with E-state index in [1.807, 2.05) is 7.05 Å². The Balaban J connectivity index is 1.58. The normalized spacial score (nSPS) is 18.8. The predicted molar refractivity (Wildman–Crippen MR) is 163 cm³/mol. The number of aromatic carboxylic acids is 1. The monoisotopic (exact) mass is 639 g/mol. The molecule has 4 aromatic heterocycles. The number of hydrogen-bond donors (Lipinski definition) is 3. The number of nitrogens with one attached hydrogen (secondary N) is 1. The molecule has 0 radical (unpaired) electrons. The number of nitrogens with zero attached hydrogens (tertiary/aromatic N) is 6. The Morgan fingerprint density at radius 2 is 1.89 bits per heavy atom. The third-order valence-corrected chi connectivity index (χ3v) is 9.89. The number of carboxylic acid groups (broad SMARTS) is 1.